The van der Waals surface area contributed by atoms with E-state index < -0.39 is 0 Å². The lowest BCUT2D eigenvalue weighted by Gasteiger charge is -2.22. The number of ketones is 1. The Morgan fingerprint density at radius 1 is 1.67 bits per heavy atom. The van der Waals surface area contributed by atoms with Crippen molar-refractivity contribution in [3.8, 4) is 0 Å². The molecule has 2 atom stereocenters. The molecule has 1 fully saturated rings. The molecule has 1 aliphatic rings. The van der Waals surface area contributed by atoms with Crippen LogP contribution in [0.5, 0.6) is 0 Å². The van der Waals surface area contributed by atoms with Gasteiger partial charge in [0, 0.05) is 23.8 Å². The largest absolute Gasteiger partial charge is 0.299 e. The summed E-state index contributed by atoms with van der Waals surface area (Å²) < 4.78 is 0. The van der Waals surface area contributed by atoms with E-state index in [1.54, 1.807) is 0 Å². The number of hydrogen-bond acceptors (Lipinski definition) is 2. The van der Waals surface area contributed by atoms with Crippen LogP contribution in [0.15, 0.2) is 0 Å². The Balaban J connectivity index is 2.34. The first-order chi connectivity index (χ1) is 5.74. The summed E-state index contributed by atoms with van der Waals surface area (Å²) in [4.78, 5) is 11.4. The van der Waals surface area contributed by atoms with Crippen molar-refractivity contribution in [3.63, 3.8) is 0 Å². The summed E-state index contributed by atoms with van der Waals surface area (Å²) >= 11 is 1.94. The Kier molecular flexibility index (Phi) is 4.13. The Morgan fingerprint density at radius 3 is 3.00 bits per heavy atom. The smallest absolute Gasteiger partial charge is 0.137 e. The minimum absolute atomic E-state index is 0.374. The third-order valence-electron chi connectivity index (χ3n) is 2.65. The third kappa shape index (κ3) is 2.81. The van der Waals surface area contributed by atoms with Crippen LogP contribution < -0.4 is 0 Å². The summed E-state index contributed by atoms with van der Waals surface area (Å²) in [5.41, 5.74) is 0. The van der Waals surface area contributed by atoms with Gasteiger partial charge in [0.25, 0.3) is 0 Å². The van der Waals surface area contributed by atoms with Crippen LogP contribution >= 0.6 is 11.8 Å². The zero-order valence-electron chi connectivity index (χ0n) is 8.01. The summed E-state index contributed by atoms with van der Waals surface area (Å²) in [6, 6.07) is 0. The molecule has 0 radical (unpaired) electrons. The lowest BCUT2D eigenvalue weighted by Crippen LogP contribution is -2.24. The van der Waals surface area contributed by atoms with E-state index in [9.17, 15) is 4.79 Å². The van der Waals surface area contributed by atoms with E-state index in [2.05, 4.69) is 13.8 Å². The standard InChI is InChI=1S/C10H18OS/c1-3-8(2)6-9-7-12-5-4-10(9)11/h8-9H,3-7H2,1-2H3. The van der Waals surface area contributed by atoms with Gasteiger partial charge in [0.2, 0.25) is 0 Å². The SMILES string of the molecule is CCC(C)CC1CSCCC1=O. The quantitative estimate of drug-likeness (QED) is 0.674. The van der Waals surface area contributed by atoms with E-state index in [0.717, 1.165) is 30.3 Å². The van der Waals surface area contributed by atoms with Gasteiger partial charge in [0.15, 0.2) is 0 Å². The summed E-state index contributed by atoms with van der Waals surface area (Å²) in [5, 5.41) is 0. The number of thioether (sulfide) groups is 1. The summed E-state index contributed by atoms with van der Waals surface area (Å²) in [6.45, 7) is 4.44. The number of rotatable bonds is 3. The summed E-state index contributed by atoms with van der Waals surface area (Å²) in [5.74, 6) is 3.73. The monoisotopic (exact) mass is 186 g/mol. The average molecular weight is 186 g/mol. The zero-order chi connectivity index (χ0) is 8.97. The number of carbonyl (C=O) groups excluding carboxylic acids is 1. The van der Waals surface area contributed by atoms with Crippen LogP contribution in [0.1, 0.15) is 33.1 Å². The van der Waals surface area contributed by atoms with Crippen molar-refractivity contribution in [2.24, 2.45) is 11.8 Å². The zero-order valence-corrected chi connectivity index (χ0v) is 8.82. The van der Waals surface area contributed by atoms with Gasteiger partial charge in [0.05, 0.1) is 0 Å². The Hall–Kier alpha value is 0.0200. The second-order valence-electron chi connectivity index (χ2n) is 3.74. The summed E-state index contributed by atoms with van der Waals surface area (Å²) in [6.07, 6.45) is 3.13. The maximum absolute atomic E-state index is 11.4. The van der Waals surface area contributed by atoms with E-state index in [4.69, 9.17) is 0 Å². The van der Waals surface area contributed by atoms with E-state index >= 15 is 0 Å². The van der Waals surface area contributed by atoms with Gasteiger partial charge in [-0.25, -0.2) is 0 Å². The van der Waals surface area contributed by atoms with Crippen LogP contribution in [0.4, 0.5) is 0 Å². The number of Topliss-reactive ketones (excluding diaryl/α,β-unsaturated/α-hetero) is 1. The molecule has 0 aromatic rings. The predicted octanol–water partition coefficient (Wildman–Crippen LogP) is 2.74. The minimum atomic E-state index is 0.374. The Bertz CT molecular complexity index is 156. The van der Waals surface area contributed by atoms with Crippen molar-refractivity contribution < 1.29 is 4.79 Å². The molecule has 0 spiro atoms. The fourth-order valence-electron chi connectivity index (χ4n) is 1.55. The van der Waals surface area contributed by atoms with E-state index in [-0.39, 0.29) is 0 Å². The average Bonchev–Trinajstić information content (AvgIpc) is 2.09. The molecule has 1 saturated heterocycles. The summed E-state index contributed by atoms with van der Waals surface area (Å²) in [7, 11) is 0. The van der Waals surface area contributed by atoms with Crippen molar-refractivity contribution in [3.05, 3.63) is 0 Å². The number of hydrogen-bond donors (Lipinski definition) is 0. The second kappa shape index (κ2) is 4.90. The van der Waals surface area contributed by atoms with Gasteiger partial charge in [0.1, 0.15) is 5.78 Å². The first kappa shape index (κ1) is 10.1. The van der Waals surface area contributed by atoms with Crippen molar-refractivity contribution in [1.29, 1.82) is 0 Å². The first-order valence-corrected chi connectivity index (χ1v) is 6.00. The molecule has 1 aliphatic heterocycles. The molecule has 0 aliphatic carbocycles. The van der Waals surface area contributed by atoms with Crippen molar-refractivity contribution in [2.45, 2.75) is 33.1 Å². The Labute approximate surface area is 79.3 Å². The molecule has 1 nitrogen and oxygen atoms in total. The number of carbonyl (C=O) groups is 1. The molecule has 2 unspecified atom stereocenters. The fourth-order valence-corrected chi connectivity index (χ4v) is 2.67. The molecule has 0 bridgehead atoms. The van der Waals surface area contributed by atoms with Crippen molar-refractivity contribution in [1.82, 2.24) is 0 Å². The van der Waals surface area contributed by atoms with Gasteiger partial charge in [-0.1, -0.05) is 20.3 Å². The topological polar surface area (TPSA) is 17.1 Å². The van der Waals surface area contributed by atoms with E-state index in [0.29, 0.717) is 11.7 Å². The molecule has 1 rings (SSSR count). The molecule has 0 aromatic heterocycles. The lowest BCUT2D eigenvalue weighted by atomic mass is 9.91. The lowest BCUT2D eigenvalue weighted by molar-refractivity contribution is -0.122. The van der Waals surface area contributed by atoms with Crippen LogP contribution in [0.2, 0.25) is 0 Å². The van der Waals surface area contributed by atoms with Crippen LogP contribution in [-0.4, -0.2) is 17.3 Å². The maximum Gasteiger partial charge on any atom is 0.137 e. The molecule has 0 N–H and O–H groups in total. The van der Waals surface area contributed by atoms with E-state index in [1.807, 2.05) is 11.8 Å². The maximum atomic E-state index is 11.4. The molecule has 70 valence electrons. The molecule has 0 aromatic carbocycles. The third-order valence-corrected chi connectivity index (χ3v) is 3.78. The van der Waals surface area contributed by atoms with Crippen LogP contribution in [0, 0.1) is 11.8 Å². The highest BCUT2D eigenvalue weighted by Gasteiger charge is 2.23. The van der Waals surface area contributed by atoms with Crippen LogP contribution in [0.25, 0.3) is 0 Å². The van der Waals surface area contributed by atoms with Gasteiger partial charge in [-0.15, -0.1) is 0 Å². The molecule has 12 heavy (non-hydrogen) atoms. The van der Waals surface area contributed by atoms with Gasteiger partial charge in [-0.3, -0.25) is 4.79 Å². The predicted molar refractivity (Wildman–Crippen MR) is 54.5 cm³/mol. The highest BCUT2D eigenvalue weighted by Crippen LogP contribution is 2.26. The van der Waals surface area contributed by atoms with E-state index in [1.165, 1.54) is 6.42 Å². The highest BCUT2D eigenvalue weighted by atomic mass is 32.2. The molecule has 0 amide bonds. The van der Waals surface area contributed by atoms with Gasteiger partial charge in [-0.2, -0.15) is 11.8 Å². The molecule has 0 saturated carbocycles. The minimum Gasteiger partial charge on any atom is -0.299 e. The molecular formula is C10H18OS. The molecule has 1 heterocycles. The fraction of sp³-hybridized carbons (Fsp3) is 0.900. The molecule has 2 heteroatoms. The Morgan fingerprint density at radius 2 is 2.42 bits per heavy atom. The van der Waals surface area contributed by atoms with Gasteiger partial charge < -0.3 is 0 Å². The van der Waals surface area contributed by atoms with Crippen LogP contribution in [0.3, 0.4) is 0 Å². The second-order valence-corrected chi connectivity index (χ2v) is 4.89. The van der Waals surface area contributed by atoms with Gasteiger partial charge in [-0.05, 0) is 12.3 Å². The van der Waals surface area contributed by atoms with Crippen LogP contribution in [-0.2, 0) is 4.79 Å². The van der Waals surface area contributed by atoms with Crippen molar-refractivity contribution in [2.75, 3.05) is 11.5 Å². The first-order valence-electron chi connectivity index (χ1n) is 4.84. The van der Waals surface area contributed by atoms with Crippen molar-refractivity contribution >= 4 is 17.5 Å². The molecular weight excluding hydrogens is 168 g/mol. The highest BCUT2D eigenvalue weighted by molar-refractivity contribution is 7.99. The van der Waals surface area contributed by atoms with Gasteiger partial charge >= 0.3 is 0 Å². The normalized spacial score (nSPS) is 27.2.